The van der Waals surface area contributed by atoms with E-state index in [0.717, 1.165) is 0 Å². The van der Waals surface area contributed by atoms with Gasteiger partial charge in [-0.15, -0.1) is 11.3 Å². The number of nitrogens with one attached hydrogen (secondary N) is 1. The molecular formula is C10H7Cl2N3OS. The van der Waals surface area contributed by atoms with E-state index in [0.29, 0.717) is 14.9 Å². The Kier molecular flexibility index (Phi) is 3.61. The SMILES string of the molecule is Cc1cc(Cl)nc(NC(=O)c2ccc(Cl)s2)n1. The van der Waals surface area contributed by atoms with E-state index in [1.165, 1.54) is 11.3 Å². The molecule has 0 aliphatic rings. The molecule has 0 spiro atoms. The first kappa shape index (κ1) is 12.3. The van der Waals surface area contributed by atoms with Crippen molar-refractivity contribution in [3.05, 3.63) is 38.3 Å². The fourth-order valence-electron chi connectivity index (χ4n) is 1.19. The smallest absolute Gasteiger partial charge is 0.268 e. The van der Waals surface area contributed by atoms with Gasteiger partial charge in [0.05, 0.1) is 9.21 Å². The van der Waals surface area contributed by atoms with Gasteiger partial charge in [0.25, 0.3) is 5.91 Å². The minimum Gasteiger partial charge on any atom is -0.290 e. The molecule has 2 aromatic rings. The molecule has 0 atom stereocenters. The van der Waals surface area contributed by atoms with Crippen LogP contribution in [0.3, 0.4) is 0 Å². The van der Waals surface area contributed by atoms with Gasteiger partial charge in [-0.25, -0.2) is 9.97 Å². The van der Waals surface area contributed by atoms with E-state index in [4.69, 9.17) is 23.2 Å². The van der Waals surface area contributed by atoms with Gasteiger partial charge in [-0.2, -0.15) is 0 Å². The normalized spacial score (nSPS) is 10.3. The number of hydrogen-bond donors (Lipinski definition) is 1. The third kappa shape index (κ3) is 3.15. The van der Waals surface area contributed by atoms with E-state index < -0.39 is 0 Å². The molecule has 0 fully saturated rings. The van der Waals surface area contributed by atoms with Gasteiger partial charge < -0.3 is 0 Å². The summed E-state index contributed by atoms with van der Waals surface area (Å²) >= 11 is 12.7. The van der Waals surface area contributed by atoms with Gasteiger partial charge in [0.15, 0.2) is 0 Å². The van der Waals surface area contributed by atoms with E-state index in [1.807, 2.05) is 0 Å². The topological polar surface area (TPSA) is 54.9 Å². The second-order valence-electron chi connectivity index (χ2n) is 3.21. The zero-order valence-corrected chi connectivity index (χ0v) is 11.0. The van der Waals surface area contributed by atoms with Crippen molar-refractivity contribution in [2.45, 2.75) is 6.92 Å². The zero-order valence-electron chi connectivity index (χ0n) is 8.70. The van der Waals surface area contributed by atoms with Crippen LogP contribution in [0, 0.1) is 6.92 Å². The lowest BCUT2D eigenvalue weighted by Crippen LogP contribution is -2.13. The van der Waals surface area contributed by atoms with Crippen LogP contribution in [0.5, 0.6) is 0 Å². The molecule has 1 amide bonds. The van der Waals surface area contributed by atoms with Crippen LogP contribution in [0.2, 0.25) is 9.49 Å². The third-order valence-electron chi connectivity index (χ3n) is 1.85. The summed E-state index contributed by atoms with van der Waals surface area (Å²) in [6.45, 7) is 1.77. The minimum atomic E-state index is -0.302. The highest BCUT2D eigenvalue weighted by atomic mass is 35.5. The molecule has 0 unspecified atom stereocenters. The molecule has 2 heterocycles. The Morgan fingerprint density at radius 2 is 2.12 bits per heavy atom. The average molecular weight is 288 g/mol. The standard InChI is InChI=1S/C10H7Cl2N3OS/c1-5-4-7(11)14-10(13-5)15-9(16)6-2-3-8(12)17-6/h2-4H,1H3,(H,13,14,15,16). The Morgan fingerprint density at radius 1 is 1.35 bits per heavy atom. The van der Waals surface area contributed by atoms with Crippen LogP contribution in [0.1, 0.15) is 15.4 Å². The summed E-state index contributed by atoms with van der Waals surface area (Å²) in [6, 6.07) is 4.91. The number of anilines is 1. The van der Waals surface area contributed by atoms with Crippen LogP contribution >= 0.6 is 34.5 Å². The van der Waals surface area contributed by atoms with Gasteiger partial charge in [-0.1, -0.05) is 23.2 Å². The molecule has 88 valence electrons. The molecule has 1 N–H and O–H groups in total. The number of amides is 1. The summed E-state index contributed by atoms with van der Waals surface area (Å²) in [5.74, 6) is -0.118. The number of rotatable bonds is 2. The maximum Gasteiger partial charge on any atom is 0.268 e. The summed E-state index contributed by atoms with van der Waals surface area (Å²) in [7, 11) is 0. The van der Waals surface area contributed by atoms with Gasteiger partial charge in [0.2, 0.25) is 5.95 Å². The molecule has 0 aromatic carbocycles. The third-order valence-corrected chi connectivity index (χ3v) is 3.27. The second-order valence-corrected chi connectivity index (χ2v) is 5.32. The largest absolute Gasteiger partial charge is 0.290 e. The predicted octanol–water partition coefficient (Wildman–Crippen LogP) is 3.41. The van der Waals surface area contributed by atoms with E-state index in [2.05, 4.69) is 15.3 Å². The molecule has 0 aliphatic carbocycles. The summed E-state index contributed by atoms with van der Waals surface area (Å²) in [5.41, 5.74) is 0.685. The van der Waals surface area contributed by atoms with Crippen molar-refractivity contribution in [2.24, 2.45) is 0 Å². The summed E-state index contributed by atoms with van der Waals surface area (Å²) in [6.07, 6.45) is 0. The molecule has 0 radical (unpaired) electrons. The maximum atomic E-state index is 11.8. The lowest BCUT2D eigenvalue weighted by Gasteiger charge is -2.02. The summed E-state index contributed by atoms with van der Waals surface area (Å²) in [4.78, 5) is 20.2. The first-order valence-corrected chi connectivity index (χ1v) is 6.20. The van der Waals surface area contributed by atoms with Crippen molar-refractivity contribution < 1.29 is 4.79 Å². The van der Waals surface area contributed by atoms with E-state index in [9.17, 15) is 4.79 Å². The Labute approximate surface area is 112 Å². The lowest BCUT2D eigenvalue weighted by molar-refractivity contribution is 0.102. The van der Waals surface area contributed by atoms with Crippen molar-refractivity contribution in [1.29, 1.82) is 0 Å². The highest BCUT2D eigenvalue weighted by Gasteiger charge is 2.11. The Morgan fingerprint density at radius 3 is 2.71 bits per heavy atom. The first-order valence-electron chi connectivity index (χ1n) is 4.62. The highest BCUT2D eigenvalue weighted by molar-refractivity contribution is 7.18. The summed E-state index contributed by atoms with van der Waals surface area (Å²) in [5, 5.41) is 2.85. The van der Waals surface area contributed by atoms with Gasteiger partial charge in [-0.3, -0.25) is 10.1 Å². The van der Waals surface area contributed by atoms with Crippen LogP contribution in [-0.4, -0.2) is 15.9 Å². The minimum absolute atomic E-state index is 0.185. The van der Waals surface area contributed by atoms with E-state index in [1.54, 1.807) is 25.1 Å². The highest BCUT2D eigenvalue weighted by Crippen LogP contribution is 2.22. The molecule has 0 bridgehead atoms. The molecule has 4 nitrogen and oxygen atoms in total. The number of carbonyl (C=O) groups excluding carboxylic acids is 1. The fourth-order valence-corrected chi connectivity index (χ4v) is 2.36. The molecule has 17 heavy (non-hydrogen) atoms. The molecule has 2 aromatic heterocycles. The first-order chi connectivity index (χ1) is 8.04. The Bertz CT molecular complexity index is 550. The second kappa shape index (κ2) is 5.00. The van der Waals surface area contributed by atoms with Crippen molar-refractivity contribution in [2.75, 3.05) is 5.32 Å². The van der Waals surface area contributed by atoms with Gasteiger partial charge in [0.1, 0.15) is 5.15 Å². The maximum absolute atomic E-state index is 11.8. The van der Waals surface area contributed by atoms with Crippen molar-refractivity contribution in [3.63, 3.8) is 0 Å². The number of aromatic nitrogens is 2. The lowest BCUT2D eigenvalue weighted by atomic mass is 10.4. The van der Waals surface area contributed by atoms with Crippen LogP contribution in [-0.2, 0) is 0 Å². The molecule has 0 saturated heterocycles. The molecule has 7 heteroatoms. The van der Waals surface area contributed by atoms with Crippen LogP contribution in [0.25, 0.3) is 0 Å². The van der Waals surface area contributed by atoms with Crippen LogP contribution in [0.15, 0.2) is 18.2 Å². The van der Waals surface area contributed by atoms with Gasteiger partial charge in [-0.05, 0) is 25.1 Å². The zero-order chi connectivity index (χ0) is 12.4. The fraction of sp³-hybridized carbons (Fsp3) is 0.100. The molecular weight excluding hydrogens is 281 g/mol. The molecule has 0 aliphatic heterocycles. The predicted molar refractivity (Wildman–Crippen MR) is 69.1 cm³/mol. The van der Waals surface area contributed by atoms with Crippen molar-refractivity contribution in [1.82, 2.24) is 9.97 Å². The number of carbonyl (C=O) groups is 1. The van der Waals surface area contributed by atoms with Crippen LogP contribution < -0.4 is 5.32 Å². The number of hydrogen-bond acceptors (Lipinski definition) is 4. The number of halogens is 2. The number of nitrogens with zero attached hydrogens (tertiary/aromatic N) is 2. The van der Waals surface area contributed by atoms with E-state index in [-0.39, 0.29) is 17.0 Å². The van der Waals surface area contributed by atoms with E-state index >= 15 is 0 Å². The Balaban J connectivity index is 2.18. The monoisotopic (exact) mass is 287 g/mol. The average Bonchev–Trinajstić information content (AvgIpc) is 2.63. The van der Waals surface area contributed by atoms with Crippen molar-refractivity contribution in [3.8, 4) is 0 Å². The quantitative estimate of drug-likeness (QED) is 0.862. The van der Waals surface area contributed by atoms with Crippen molar-refractivity contribution >= 4 is 46.4 Å². The number of aryl methyl sites for hydroxylation is 1. The molecule has 0 saturated carbocycles. The van der Waals surface area contributed by atoms with Gasteiger partial charge >= 0.3 is 0 Å². The number of thiophene rings is 1. The molecule has 2 rings (SSSR count). The summed E-state index contributed by atoms with van der Waals surface area (Å²) < 4.78 is 0.554. The van der Waals surface area contributed by atoms with Gasteiger partial charge in [0, 0.05) is 5.69 Å². The van der Waals surface area contributed by atoms with Crippen LogP contribution in [0.4, 0.5) is 5.95 Å². The Hall–Kier alpha value is -1.17.